The zero-order valence-electron chi connectivity index (χ0n) is 40.9. The van der Waals surface area contributed by atoms with Gasteiger partial charge >= 0.3 is 0 Å². The van der Waals surface area contributed by atoms with E-state index in [-0.39, 0.29) is 12.1 Å². The summed E-state index contributed by atoms with van der Waals surface area (Å²) in [4.78, 5) is 7.65. The molecule has 11 rings (SSSR count). The van der Waals surface area contributed by atoms with Gasteiger partial charge in [-0.25, -0.2) is 0 Å². The molecule has 8 aromatic carbocycles. The fourth-order valence-electron chi connectivity index (χ4n) is 11.3. The summed E-state index contributed by atoms with van der Waals surface area (Å²) in [6.45, 7) is 23.2. The van der Waals surface area contributed by atoms with Crippen LogP contribution in [0.1, 0.15) is 126 Å². The molecule has 3 nitrogen and oxygen atoms in total. The first-order valence-electron chi connectivity index (χ1n) is 24.7. The Balaban J connectivity index is 1.24. The van der Waals surface area contributed by atoms with Crippen LogP contribution in [0.5, 0.6) is 0 Å². The van der Waals surface area contributed by atoms with Crippen molar-refractivity contribution in [2.24, 2.45) is 0 Å². The predicted molar refractivity (Wildman–Crippen MR) is 289 cm³/mol. The molecule has 8 aromatic rings. The molecule has 67 heavy (non-hydrogen) atoms. The molecule has 1 aliphatic carbocycles. The van der Waals surface area contributed by atoms with Gasteiger partial charge in [0.25, 0.3) is 6.71 Å². The lowest BCUT2D eigenvalue weighted by Crippen LogP contribution is -2.61. The fourth-order valence-corrected chi connectivity index (χ4v) is 11.3. The number of hydrogen-bond donors (Lipinski definition) is 0. The van der Waals surface area contributed by atoms with E-state index in [1.165, 1.54) is 95.0 Å². The molecule has 0 unspecified atom stereocenters. The summed E-state index contributed by atoms with van der Waals surface area (Å²) >= 11 is 0. The van der Waals surface area contributed by atoms with Crippen molar-refractivity contribution in [1.29, 1.82) is 0 Å². The quantitative estimate of drug-likeness (QED) is 0.134. The second-order valence-corrected chi connectivity index (χ2v) is 21.0. The molecule has 3 aliphatic rings. The van der Waals surface area contributed by atoms with Crippen LogP contribution in [0.15, 0.2) is 170 Å². The van der Waals surface area contributed by atoms with Crippen LogP contribution in [0, 0.1) is 0 Å². The molecule has 0 spiro atoms. The zero-order chi connectivity index (χ0) is 46.5. The van der Waals surface area contributed by atoms with Crippen LogP contribution in [0.3, 0.4) is 0 Å². The molecule has 0 bridgehead atoms. The zero-order valence-corrected chi connectivity index (χ0v) is 40.9. The van der Waals surface area contributed by atoms with E-state index in [1.807, 2.05) is 0 Å². The van der Waals surface area contributed by atoms with Crippen molar-refractivity contribution < 1.29 is 0 Å². The molecular weight excluding hydrogens is 810 g/mol. The minimum absolute atomic E-state index is 0.0169. The van der Waals surface area contributed by atoms with E-state index in [0.29, 0.717) is 23.7 Å². The monoisotopic (exact) mass is 872 g/mol. The topological polar surface area (TPSA) is 9.72 Å². The van der Waals surface area contributed by atoms with Gasteiger partial charge in [-0.15, -0.1) is 0 Å². The van der Waals surface area contributed by atoms with Crippen molar-refractivity contribution in [2.45, 2.75) is 98.3 Å². The molecule has 2 heterocycles. The van der Waals surface area contributed by atoms with Gasteiger partial charge in [0.15, 0.2) is 0 Å². The number of hydrogen-bond acceptors (Lipinski definition) is 3. The number of para-hydroxylation sites is 1. The summed E-state index contributed by atoms with van der Waals surface area (Å²) in [5, 5.41) is 0. The van der Waals surface area contributed by atoms with Crippen LogP contribution in [0.4, 0.5) is 51.2 Å². The van der Waals surface area contributed by atoms with Crippen molar-refractivity contribution in [3.8, 4) is 11.1 Å². The van der Waals surface area contributed by atoms with E-state index < -0.39 is 0 Å². The summed E-state index contributed by atoms with van der Waals surface area (Å²) in [6.07, 6.45) is 0. The van der Waals surface area contributed by atoms with Gasteiger partial charge in [-0.3, -0.25) is 0 Å². The normalized spacial score (nSPS) is 14.1. The Labute approximate surface area is 399 Å². The predicted octanol–water partition coefficient (Wildman–Crippen LogP) is 16.0. The molecule has 0 radical (unpaired) electrons. The fraction of sp³-hybridized carbons (Fsp3) is 0.238. The Bertz CT molecular complexity index is 3040. The van der Waals surface area contributed by atoms with Crippen molar-refractivity contribution in [3.63, 3.8) is 0 Å². The highest BCUT2D eigenvalue weighted by atomic mass is 15.2. The number of benzene rings is 8. The van der Waals surface area contributed by atoms with Crippen molar-refractivity contribution in [1.82, 2.24) is 0 Å². The van der Waals surface area contributed by atoms with E-state index in [9.17, 15) is 0 Å². The first-order valence-corrected chi connectivity index (χ1v) is 24.7. The van der Waals surface area contributed by atoms with Crippen LogP contribution >= 0.6 is 0 Å². The van der Waals surface area contributed by atoms with E-state index in [2.05, 4.69) is 254 Å². The summed E-state index contributed by atoms with van der Waals surface area (Å²) in [5.74, 6) is 1.64. The molecule has 0 N–H and O–H groups in total. The maximum absolute atomic E-state index is 2.57. The molecule has 4 heteroatoms. The van der Waals surface area contributed by atoms with Gasteiger partial charge in [0, 0.05) is 50.9 Å². The smallest absolute Gasteiger partial charge is 0.252 e. The summed E-state index contributed by atoms with van der Waals surface area (Å²) in [5.41, 5.74) is 25.3. The van der Waals surface area contributed by atoms with Gasteiger partial charge in [0.1, 0.15) is 0 Å². The third-order valence-electron chi connectivity index (χ3n) is 15.2. The SMILES string of the molecule is CC(C)c1ccc(N2c3ccc(C(C)C)cc3B3c4cc(C(C)C)ccc4N(c4ccc(C(C)C)cc4)c4cc(N(c5ccccc5)c5ccc6c(c5)C(C)(C)c5ccccc5-6)cc2c43)cc1. The average Bonchev–Trinajstić information content (AvgIpc) is 3.56. The Morgan fingerprint density at radius 3 is 1.36 bits per heavy atom. The first kappa shape index (κ1) is 42.8. The maximum Gasteiger partial charge on any atom is 0.252 e. The van der Waals surface area contributed by atoms with Crippen LogP contribution in [0.2, 0.25) is 0 Å². The number of rotatable bonds is 9. The molecule has 0 saturated heterocycles. The second-order valence-electron chi connectivity index (χ2n) is 21.0. The van der Waals surface area contributed by atoms with Gasteiger partial charge in [-0.1, -0.05) is 166 Å². The van der Waals surface area contributed by atoms with E-state index in [0.717, 1.165) is 17.1 Å². The van der Waals surface area contributed by atoms with Crippen molar-refractivity contribution in [3.05, 3.63) is 203 Å². The largest absolute Gasteiger partial charge is 0.311 e. The minimum atomic E-state index is -0.144. The average molecular weight is 872 g/mol. The lowest BCUT2D eigenvalue weighted by Gasteiger charge is -2.45. The highest BCUT2D eigenvalue weighted by molar-refractivity contribution is 7.00. The molecule has 0 saturated carbocycles. The Morgan fingerprint density at radius 2 is 0.851 bits per heavy atom. The Morgan fingerprint density at radius 1 is 0.388 bits per heavy atom. The minimum Gasteiger partial charge on any atom is -0.311 e. The van der Waals surface area contributed by atoms with Crippen molar-refractivity contribution in [2.75, 3.05) is 14.7 Å². The van der Waals surface area contributed by atoms with Gasteiger partial charge in [-0.05, 0) is 157 Å². The molecule has 0 fully saturated rings. The molecule has 0 atom stereocenters. The molecule has 0 amide bonds. The molecule has 332 valence electrons. The second kappa shape index (κ2) is 16.2. The Kier molecular flexibility index (Phi) is 10.4. The summed E-state index contributed by atoms with van der Waals surface area (Å²) in [6, 6.07) is 65.4. The third-order valence-corrected chi connectivity index (χ3v) is 15.2. The van der Waals surface area contributed by atoms with Gasteiger partial charge in [0.05, 0.1) is 5.69 Å². The molecular formula is C63H62BN3. The van der Waals surface area contributed by atoms with E-state index in [4.69, 9.17) is 0 Å². The Hall–Kier alpha value is -6.78. The van der Waals surface area contributed by atoms with Gasteiger partial charge in [0.2, 0.25) is 0 Å². The summed E-state index contributed by atoms with van der Waals surface area (Å²) < 4.78 is 0. The molecule has 0 aromatic heterocycles. The van der Waals surface area contributed by atoms with Gasteiger partial charge < -0.3 is 14.7 Å². The van der Waals surface area contributed by atoms with Crippen molar-refractivity contribution >= 4 is 74.3 Å². The van der Waals surface area contributed by atoms with Gasteiger partial charge in [-0.2, -0.15) is 0 Å². The lowest BCUT2D eigenvalue weighted by atomic mass is 9.33. The number of fused-ring (bicyclic) bond motifs is 7. The molecule has 2 aliphatic heterocycles. The highest BCUT2D eigenvalue weighted by Gasteiger charge is 2.45. The van der Waals surface area contributed by atoms with E-state index >= 15 is 0 Å². The van der Waals surface area contributed by atoms with Crippen LogP contribution in [-0.4, -0.2) is 6.71 Å². The highest BCUT2D eigenvalue weighted by Crippen LogP contribution is 2.52. The standard InChI is InChI=1S/C63H62BN3/c1-39(2)43-20-26-48(27-21-43)66-58-32-24-45(41(5)6)34-56(58)64-57-35-46(42(7)8)25-33-59(57)67(49-28-22-44(23-29-49)40(3)4)61-38-51(37-60(66)62(61)64)65(47-16-12-11-13-17-47)50-30-31-53-52-18-14-15-19-54(52)63(9,10)55(53)36-50/h11-42H,1-10H3. The van der Waals surface area contributed by atoms with E-state index in [1.54, 1.807) is 0 Å². The third kappa shape index (κ3) is 6.94. The number of nitrogens with zero attached hydrogens (tertiary/aromatic N) is 3. The first-order chi connectivity index (χ1) is 32.3. The number of anilines is 9. The maximum atomic E-state index is 2.57. The lowest BCUT2D eigenvalue weighted by molar-refractivity contribution is 0.660. The summed E-state index contributed by atoms with van der Waals surface area (Å²) in [7, 11) is 0. The van der Waals surface area contributed by atoms with Crippen LogP contribution in [-0.2, 0) is 5.41 Å². The van der Waals surface area contributed by atoms with Crippen LogP contribution < -0.4 is 31.1 Å². The van der Waals surface area contributed by atoms with Crippen LogP contribution in [0.25, 0.3) is 11.1 Å².